The Morgan fingerprint density at radius 1 is 1.18 bits per heavy atom. The zero-order chi connectivity index (χ0) is 15.4. The molecule has 1 heterocycles. The van der Waals surface area contributed by atoms with Crippen LogP contribution in [-0.4, -0.2) is 20.5 Å². The van der Waals surface area contributed by atoms with Crippen LogP contribution in [0.15, 0.2) is 42.5 Å². The fourth-order valence-corrected chi connectivity index (χ4v) is 2.25. The number of aryl methyl sites for hydroxylation is 1. The molecule has 109 valence electrons. The van der Waals surface area contributed by atoms with Crippen molar-refractivity contribution >= 4 is 11.9 Å². The Balaban J connectivity index is 1.87. The fourth-order valence-electron chi connectivity index (χ4n) is 2.25. The highest BCUT2D eigenvalue weighted by Crippen LogP contribution is 2.27. The zero-order valence-electron chi connectivity index (χ0n) is 12.3. The lowest BCUT2D eigenvalue weighted by molar-refractivity contribution is -0.113. The third kappa shape index (κ3) is 3.50. The van der Waals surface area contributed by atoms with Crippen molar-refractivity contribution in [3.05, 3.63) is 85.2 Å². The molecule has 1 aliphatic rings. The highest BCUT2D eigenvalue weighted by molar-refractivity contribution is 6.11. The van der Waals surface area contributed by atoms with Gasteiger partial charge in [-0.05, 0) is 44.2 Å². The lowest BCUT2D eigenvalue weighted by atomic mass is 9.94. The van der Waals surface area contributed by atoms with Gasteiger partial charge < -0.3 is 0 Å². The van der Waals surface area contributed by atoms with Crippen molar-refractivity contribution in [3.8, 4) is 0 Å². The van der Waals surface area contributed by atoms with Gasteiger partial charge in [0.05, 0.1) is 12.5 Å². The van der Waals surface area contributed by atoms with E-state index < -0.39 is 0 Å². The molecule has 0 atom stereocenters. The molecule has 0 aliphatic heterocycles. The maximum atomic E-state index is 12.7. The van der Waals surface area contributed by atoms with Crippen molar-refractivity contribution in [2.24, 2.45) is 0 Å². The van der Waals surface area contributed by atoms with Crippen LogP contribution in [0.25, 0.3) is 6.08 Å². The predicted octanol–water partition coefficient (Wildman–Crippen LogP) is 2.64. The minimum Gasteiger partial charge on any atom is -0.294 e. The Labute approximate surface area is 130 Å². The summed E-state index contributed by atoms with van der Waals surface area (Å²) >= 11 is 0. The van der Waals surface area contributed by atoms with Gasteiger partial charge in [0.2, 0.25) is 0 Å². The van der Waals surface area contributed by atoms with E-state index in [1.807, 2.05) is 62.9 Å². The number of aromatic nitrogens is 3. The number of benzene rings is 1. The number of nitrogens with zero attached hydrogens (tertiary/aromatic N) is 3. The Hall–Kier alpha value is -2.23. The van der Waals surface area contributed by atoms with Crippen molar-refractivity contribution in [3.63, 3.8) is 0 Å². The van der Waals surface area contributed by atoms with Gasteiger partial charge in [-0.1, -0.05) is 29.8 Å². The van der Waals surface area contributed by atoms with E-state index in [4.69, 9.17) is 0 Å². The highest BCUT2D eigenvalue weighted by Gasteiger charge is 2.27. The third-order valence-electron chi connectivity index (χ3n) is 3.43. The number of carbonyl (C=O) groups excluding carboxylic acids is 1. The summed E-state index contributed by atoms with van der Waals surface area (Å²) in [5, 5.41) is 4.09. The van der Waals surface area contributed by atoms with Gasteiger partial charge in [0, 0.05) is 5.57 Å². The summed E-state index contributed by atoms with van der Waals surface area (Å²) in [5.41, 5.74) is 2.87. The van der Waals surface area contributed by atoms with E-state index in [1.165, 1.54) is 11.9 Å². The summed E-state index contributed by atoms with van der Waals surface area (Å²) in [5.74, 6) is 0.708. The maximum Gasteiger partial charge on any atom is 0.168 e. The summed E-state index contributed by atoms with van der Waals surface area (Å²) in [6.45, 7) is 2.44. The van der Waals surface area contributed by atoms with Gasteiger partial charge in [0.25, 0.3) is 0 Å². The molecule has 4 nitrogen and oxygen atoms in total. The second-order valence-electron chi connectivity index (χ2n) is 5.18. The molecule has 1 aromatic carbocycles. The van der Waals surface area contributed by atoms with E-state index in [0.717, 1.165) is 5.56 Å². The van der Waals surface area contributed by atoms with E-state index in [0.29, 0.717) is 18.0 Å². The molecule has 0 N–H and O–H groups in total. The van der Waals surface area contributed by atoms with Crippen LogP contribution in [0.4, 0.5) is 0 Å². The third-order valence-corrected chi connectivity index (χ3v) is 3.43. The van der Waals surface area contributed by atoms with Crippen LogP contribution >= 0.6 is 0 Å². The molecule has 0 saturated heterocycles. The van der Waals surface area contributed by atoms with Gasteiger partial charge in [-0.25, -0.2) is 9.67 Å². The Morgan fingerprint density at radius 2 is 1.91 bits per heavy atom. The van der Waals surface area contributed by atoms with Crippen molar-refractivity contribution in [1.29, 1.82) is 0 Å². The number of allylic oxidation sites excluding steroid dienone is 1. The second-order valence-corrected chi connectivity index (χ2v) is 5.18. The molecule has 4 heteroatoms. The lowest BCUT2D eigenvalue weighted by Gasteiger charge is -2.11. The molecule has 1 aliphatic carbocycles. The summed E-state index contributed by atoms with van der Waals surface area (Å²) < 4.78 is 1.65. The van der Waals surface area contributed by atoms with Crippen molar-refractivity contribution in [1.82, 2.24) is 14.8 Å². The first-order chi connectivity index (χ1) is 10.7. The molecule has 2 aromatic rings. The van der Waals surface area contributed by atoms with Gasteiger partial charge in [-0.15, -0.1) is 0 Å². The van der Waals surface area contributed by atoms with E-state index in [9.17, 15) is 4.79 Å². The fraction of sp³-hybridized carbons (Fsp3) is 0.111. The van der Waals surface area contributed by atoms with Gasteiger partial charge in [0.15, 0.2) is 5.78 Å². The zero-order valence-corrected chi connectivity index (χ0v) is 12.3. The molecule has 3 rings (SSSR count). The van der Waals surface area contributed by atoms with Crippen LogP contribution < -0.4 is 0 Å². The van der Waals surface area contributed by atoms with Crippen LogP contribution in [-0.2, 0) is 11.3 Å². The first-order valence-corrected chi connectivity index (χ1v) is 7.08. The van der Waals surface area contributed by atoms with Gasteiger partial charge in [0.1, 0.15) is 12.7 Å². The molecule has 22 heavy (non-hydrogen) atoms. The molecule has 1 saturated carbocycles. The molecule has 0 bridgehead atoms. The summed E-state index contributed by atoms with van der Waals surface area (Å²) in [6, 6.07) is 8.09. The summed E-state index contributed by atoms with van der Waals surface area (Å²) in [6.07, 6.45) is 12.4. The largest absolute Gasteiger partial charge is 0.294 e. The topological polar surface area (TPSA) is 47.8 Å². The molecule has 1 aromatic heterocycles. The minimum absolute atomic E-state index is 0.0149. The average Bonchev–Trinajstić information content (AvgIpc) is 3.21. The minimum atomic E-state index is 0.0149. The second kappa shape index (κ2) is 6.69. The van der Waals surface area contributed by atoms with Crippen LogP contribution in [0.5, 0.6) is 0 Å². The first-order valence-electron chi connectivity index (χ1n) is 7.08. The highest BCUT2D eigenvalue weighted by atomic mass is 16.1. The molecular weight excluding hydrogens is 274 g/mol. The Morgan fingerprint density at radius 3 is 2.55 bits per heavy atom. The van der Waals surface area contributed by atoms with Gasteiger partial charge in [-0.2, -0.15) is 5.10 Å². The lowest BCUT2D eigenvalue weighted by Crippen LogP contribution is -2.17. The monoisotopic (exact) mass is 290 g/mol. The summed E-state index contributed by atoms with van der Waals surface area (Å²) in [4.78, 5) is 16.6. The quantitative estimate of drug-likeness (QED) is 0.795. The van der Waals surface area contributed by atoms with E-state index in [1.54, 1.807) is 11.0 Å². The number of hydrogen-bond donors (Lipinski definition) is 0. The molecule has 1 fully saturated rings. The number of rotatable bonds is 5. The van der Waals surface area contributed by atoms with Gasteiger partial charge in [-0.3, -0.25) is 4.79 Å². The smallest absolute Gasteiger partial charge is 0.168 e. The van der Waals surface area contributed by atoms with Crippen LogP contribution in [0.3, 0.4) is 0 Å². The van der Waals surface area contributed by atoms with Gasteiger partial charge >= 0.3 is 0 Å². The van der Waals surface area contributed by atoms with Crippen LogP contribution in [0.2, 0.25) is 0 Å². The Kier molecular flexibility index (Phi) is 4.47. The average molecular weight is 290 g/mol. The predicted molar refractivity (Wildman–Crippen MR) is 84.6 cm³/mol. The van der Waals surface area contributed by atoms with Crippen molar-refractivity contribution in [2.75, 3.05) is 0 Å². The van der Waals surface area contributed by atoms with Crippen LogP contribution in [0.1, 0.15) is 11.1 Å². The maximum absolute atomic E-state index is 12.7. The first kappa shape index (κ1) is 14.7. The van der Waals surface area contributed by atoms with Crippen molar-refractivity contribution in [2.45, 2.75) is 13.5 Å². The molecule has 0 amide bonds. The van der Waals surface area contributed by atoms with Crippen LogP contribution in [0, 0.1) is 38.5 Å². The van der Waals surface area contributed by atoms with Crippen molar-refractivity contribution < 1.29 is 4.79 Å². The molecule has 5 radical (unpaired) electrons. The van der Waals surface area contributed by atoms with E-state index in [2.05, 4.69) is 10.1 Å². The summed E-state index contributed by atoms with van der Waals surface area (Å²) in [7, 11) is 0. The van der Waals surface area contributed by atoms with E-state index in [-0.39, 0.29) is 5.78 Å². The number of ketones is 1. The number of hydrogen-bond acceptors (Lipinski definition) is 3. The Bertz CT molecular complexity index is 650. The standard InChI is InChI=1S/C18H16N3O/c1-14-6-8-15(9-7-14)10-17(11-21-13-19-12-20-21)18(22)16-4-2-3-5-16/h2-10,12-13H,11H2,1H3/b17-10+. The number of carbonyl (C=O) groups is 1. The normalized spacial score (nSPS) is 16.1. The number of Topliss-reactive ketones (excluding diaryl/α,β-unsaturated/α-hetero) is 1. The molecule has 0 spiro atoms. The SMILES string of the molecule is Cc1ccc(/C=C(\Cn2cncn2)C(=O)[C]2[CH][CH][CH][CH]2)cc1. The molecule has 0 unspecified atom stereocenters. The molecular formula is C18H16N3O. The van der Waals surface area contributed by atoms with E-state index >= 15 is 0 Å².